The van der Waals surface area contributed by atoms with Crippen LogP contribution < -0.4 is 15.4 Å². The van der Waals surface area contributed by atoms with Gasteiger partial charge in [-0.25, -0.2) is 8.42 Å². The Bertz CT molecular complexity index is 736. The normalized spacial score (nSPS) is 17.5. The van der Waals surface area contributed by atoms with Crippen molar-refractivity contribution >= 4 is 15.9 Å². The van der Waals surface area contributed by atoms with Gasteiger partial charge in [-0.15, -0.1) is 0 Å². The molecule has 0 spiro atoms. The van der Waals surface area contributed by atoms with Crippen LogP contribution in [0.2, 0.25) is 0 Å². The van der Waals surface area contributed by atoms with Crippen LogP contribution >= 0.6 is 0 Å². The summed E-state index contributed by atoms with van der Waals surface area (Å²) in [6, 6.07) is -0.330. The second-order valence-electron chi connectivity index (χ2n) is 7.40. The predicted octanol–water partition coefficient (Wildman–Crippen LogP) is 1.13. The van der Waals surface area contributed by atoms with Crippen LogP contribution in [0.3, 0.4) is 0 Å². The number of carbonyl (C=O) groups excluding carboxylic acids is 1. The Hall–Kier alpha value is -1.45. The summed E-state index contributed by atoms with van der Waals surface area (Å²) in [4.78, 5) is 12.4. The van der Waals surface area contributed by atoms with Gasteiger partial charge in [-0.2, -0.15) is 9.82 Å². The van der Waals surface area contributed by atoms with E-state index >= 15 is 0 Å². The summed E-state index contributed by atoms with van der Waals surface area (Å²) >= 11 is 0. The van der Waals surface area contributed by atoms with E-state index < -0.39 is 16.1 Å². The molecule has 27 heavy (non-hydrogen) atoms. The Morgan fingerprint density at radius 2 is 1.81 bits per heavy atom. The minimum Gasteiger partial charge on any atom is -0.353 e. The van der Waals surface area contributed by atoms with Crippen LogP contribution in [0.1, 0.15) is 56.8 Å². The van der Waals surface area contributed by atoms with Crippen molar-refractivity contribution < 1.29 is 13.2 Å². The molecule has 9 heteroatoms. The van der Waals surface area contributed by atoms with Crippen molar-refractivity contribution in [3.05, 3.63) is 11.4 Å². The summed E-state index contributed by atoms with van der Waals surface area (Å²) < 4.78 is 29.2. The van der Waals surface area contributed by atoms with Gasteiger partial charge < -0.3 is 10.6 Å². The minimum atomic E-state index is -3.81. The van der Waals surface area contributed by atoms with E-state index in [1.54, 1.807) is 27.8 Å². The first-order valence-corrected chi connectivity index (χ1v) is 11.2. The molecule has 154 valence electrons. The fourth-order valence-corrected chi connectivity index (χ4v) is 5.23. The van der Waals surface area contributed by atoms with Crippen LogP contribution in [-0.4, -0.2) is 49.3 Å². The molecule has 0 aromatic carbocycles. The van der Waals surface area contributed by atoms with Crippen molar-refractivity contribution in [1.82, 2.24) is 25.1 Å². The summed E-state index contributed by atoms with van der Waals surface area (Å²) in [5.41, 5.74) is 0.961. The van der Waals surface area contributed by atoms with E-state index in [0.29, 0.717) is 30.5 Å². The van der Waals surface area contributed by atoms with Gasteiger partial charge in [0.1, 0.15) is 4.90 Å². The van der Waals surface area contributed by atoms with Gasteiger partial charge in [0.25, 0.3) is 0 Å². The molecular weight excluding hydrogens is 366 g/mol. The lowest BCUT2D eigenvalue weighted by molar-refractivity contribution is -0.122. The standard InChI is InChI=1S/C18H33N5O3S/c1-13-17(15(3)23(4)21-13)27(25,26)22-14(2)18(24)20-12-11-19-16-9-7-5-6-8-10-16/h14,16,19,22H,5-12H2,1-4H3,(H,20,24). The van der Waals surface area contributed by atoms with Crippen molar-refractivity contribution in [2.45, 2.75) is 76.3 Å². The number of hydrogen-bond donors (Lipinski definition) is 3. The van der Waals surface area contributed by atoms with E-state index in [1.807, 2.05) is 0 Å². The number of aromatic nitrogens is 2. The lowest BCUT2D eigenvalue weighted by Crippen LogP contribution is -2.46. The Kier molecular flexibility index (Phi) is 7.81. The highest BCUT2D eigenvalue weighted by Crippen LogP contribution is 2.19. The maximum absolute atomic E-state index is 12.6. The van der Waals surface area contributed by atoms with Gasteiger partial charge in [0, 0.05) is 26.2 Å². The highest BCUT2D eigenvalue weighted by atomic mass is 32.2. The summed E-state index contributed by atoms with van der Waals surface area (Å²) in [6.07, 6.45) is 7.51. The second kappa shape index (κ2) is 9.66. The summed E-state index contributed by atoms with van der Waals surface area (Å²) in [5.74, 6) is -0.333. The third-order valence-electron chi connectivity index (χ3n) is 5.15. The van der Waals surface area contributed by atoms with E-state index in [1.165, 1.54) is 43.2 Å². The molecular formula is C18H33N5O3S. The topological polar surface area (TPSA) is 105 Å². The largest absolute Gasteiger partial charge is 0.353 e. The molecule has 1 atom stereocenters. The third-order valence-corrected chi connectivity index (χ3v) is 6.94. The van der Waals surface area contributed by atoms with Gasteiger partial charge in [-0.1, -0.05) is 25.7 Å². The lowest BCUT2D eigenvalue weighted by atomic mass is 10.1. The third kappa shape index (κ3) is 6.02. The first-order valence-electron chi connectivity index (χ1n) is 9.76. The van der Waals surface area contributed by atoms with Crippen molar-refractivity contribution in [2.24, 2.45) is 7.05 Å². The molecule has 0 aliphatic heterocycles. The molecule has 0 radical (unpaired) electrons. The first kappa shape index (κ1) is 21.8. The summed E-state index contributed by atoms with van der Waals surface area (Å²) in [6.45, 7) is 6.06. The SMILES string of the molecule is Cc1nn(C)c(C)c1S(=O)(=O)NC(C)C(=O)NCCNC1CCCCCC1. The van der Waals surface area contributed by atoms with Crippen molar-refractivity contribution in [3.63, 3.8) is 0 Å². The second-order valence-corrected chi connectivity index (χ2v) is 9.05. The average Bonchev–Trinajstić information content (AvgIpc) is 2.78. The average molecular weight is 400 g/mol. The molecule has 1 aromatic rings. The van der Waals surface area contributed by atoms with Gasteiger partial charge in [0.2, 0.25) is 15.9 Å². The highest BCUT2D eigenvalue weighted by molar-refractivity contribution is 7.89. The number of amides is 1. The van der Waals surface area contributed by atoms with Crippen molar-refractivity contribution in [2.75, 3.05) is 13.1 Å². The van der Waals surface area contributed by atoms with Crippen LogP contribution in [0.5, 0.6) is 0 Å². The molecule has 3 N–H and O–H groups in total. The summed E-state index contributed by atoms with van der Waals surface area (Å²) in [7, 11) is -2.11. The first-order chi connectivity index (χ1) is 12.7. The lowest BCUT2D eigenvalue weighted by Gasteiger charge is -2.18. The number of rotatable bonds is 8. The Balaban J connectivity index is 1.80. The number of sulfonamides is 1. The maximum Gasteiger partial charge on any atom is 0.244 e. The van der Waals surface area contributed by atoms with E-state index in [2.05, 4.69) is 20.5 Å². The fraction of sp³-hybridized carbons (Fsp3) is 0.778. The Morgan fingerprint density at radius 1 is 1.19 bits per heavy atom. The van der Waals surface area contributed by atoms with Gasteiger partial charge in [0.15, 0.2) is 0 Å². The number of aryl methyl sites for hydroxylation is 2. The van der Waals surface area contributed by atoms with Gasteiger partial charge >= 0.3 is 0 Å². The van der Waals surface area contributed by atoms with Crippen LogP contribution in [0, 0.1) is 13.8 Å². The Morgan fingerprint density at radius 3 is 2.37 bits per heavy atom. The molecule has 1 unspecified atom stereocenters. The monoisotopic (exact) mass is 399 g/mol. The molecule has 8 nitrogen and oxygen atoms in total. The van der Waals surface area contributed by atoms with E-state index in [0.717, 1.165) is 0 Å². The van der Waals surface area contributed by atoms with Gasteiger partial charge in [-0.3, -0.25) is 9.48 Å². The Labute approximate surface area is 162 Å². The maximum atomic E-state index is 12.6. The zero-order valence-electron chi connectivity index (χ0n) is 16.8. The highest BCUT2D eigenvalue weighted by Gasteiger charge is 2.27. The van der Waals surface area contributed by atoms with Crippen molar-refractivity contribution in [3.8, 4) is 0 Å². The molecule has 2 rings (SSSR count). The van der Waals surface area contributed by atoms with Crippen LogP contribution in [0.4, 0.5) is 0 Å². The zero-order valence-corrected chi connectivity index (χ0v) is 17.7. The molecule has 1 aliphatic carbocycles. The number of hydrogen-bond acceptors (Lipinski definition) is 5. The molecule has 1 aliphatic rings. The van der Waals surface area contributed by atoms with Crippen molar-refractivity contribution in [1.29, 1.82) is 0 Å². The number of nitrogens with zero attached hydrogens (tertiary/aromatic N) is 2. The van der Waals surface area contributed by atoms with Crippen LogP contribution in [-0.2, 0) is 21.9 Å². The minimum absolute atomic E-state index is 0.139. The molecule has 1 saturated carbocycles. The van der Waals surface area contributed by atoms with Crippen LogP contribution in [0.15, 0.2) is 4.90 Å². The summed E-state index contributed by atoms with van der Waals surface area (Å²) in [5, 5.41) is 10.4. The molecule has 1 heterocycles. The fourth-order valence-electron chi connectivity index (χ4n) is 3.59. The van der Waals surface area contributed by atoms with E-state index in [4.69, 9.17) is 0 Å². The van der Waals surface area contributed by atoms with Crippen LogP contribution in [0.25, 0.3) is 0 Å². The molecule has 0 saturated heterocycles. The zero-order chi connectivity index (χ0) is 20.0. The number of carbonyl (C=O) groups is 1. The van der Waals surface area contributed by atoms with Gasteiger partial charge in [0.05, 0.1) is 17.4 Å². The quantitative estimate of drug-likeness (QED) is 0.449. The smallest absolute Gasteiger partial charge is 0.244 e. The predicted molar refractivity (Wildman–Crippen MR) is 105 cm³/mol. The van der Waals surface area contributed by atoms with E-state index in [-0.39, 0.29) is 10.8 Å². The molecule has 1 fully saturated rings. The number of nitrogens with one attached hydrogen (secondary N) is 3. The molecule has 1 amide bonds. The van der Waals surface area contributed by atoms with Gasteiger partial charge in [-0.05, 0) is 33.6 Å². The molecule has 1 aromatic heterocycles. The molecule has 0 bridgehead atoms. The van der Waals surface area contributed by atoms with E-state index in [9.17, 15) is 13.2 Å².